The maximum Gasteiger partial charge on any atom is 0.162 e. The molecule has 5 heteroatoms. The van der Waals surface area contributed by atoms with Gasteiger partial charge < -0.3 is 9.52 Å². The van der Waals surface area contributed by atoms with Crippen molar-refractivity contribution < 1.29 is 34.4 Å². The summed E-state index contributed by atoms with van der Waals surface area (Å²) in [6.45, 7) is 19.4. The summed E-state index contributed by atoms with van der Waals surface area (Å²) in [6.07, 6.45) is 5.91. The normalized spacial score (nSPS) is 13.7. The summed E-state index contributed by atoms with van der Waals surface area (Å²) in [5, 5.41) is 13.3. The Labute approximate surface area is 294 Å². The molecule has 251 valence electrons. The molecule has 0 spiro atoms. The van der Waals surface area contributed by atoms with Crippen molar-refractivity contribution in [3.8, 4) is 11.3 Å². The molecule has 0 unspecified atom stereocenters. The first-order valence-electron chi connectivity index (χ1n) is 17.2. The van der Waals surface area contributed by atoms with Gasteiger partial charge in [0.25, 0.3) is 0 Å². The Morgan fingerprint density at radius 1 is 0.936 bits per heavy atom. The van der Waals surface area contributed by atoms with Crippen LogP contribution in [0.3, 0.4) is 0 Å². The van der Waals surface area contributed by atoms with E-state index in [0.29, 0.717) is 5.92 Å². The van der Waals surface area contributed by atoms with Crippen molar-refractivity contribution >= 4 is 38.6 Å². The number of aliphatic hydroxyl groups is 1. The molecule has 1 aliphatic carbocycles. The summed E-state index contributed by atoms with van der Waals surface area (Å²) < 4.78 is 6.51. The molecule has 0 aliphatic heterocycles. The molecule has 2 aromatic heterocycles. The number of allylic oxidation sites excluding steroid dienone is 2. The molecule has 0 bridgehead atoms. The fraction of sp³-hybridized carbons (Fsp3) is 0.429. The molecule has 6 rings (SSSR count). The standard InChI is InChI=1S/C29H26NO.C13H24O2.Ir/c1-16(2)13-18-10-11-21-26-25-20(7-6-8-24(25)31-28(18)26)27-22(29(21,4)5)15-19-14-17(3)9-12-23(19)30-27;1-5-10(6-2)12(14)9-13(15)11(7-3)8-4;/h6,8-12,14-16H,13H2,1-5H3;9-11,14H,5-8H2,1-4H3;/q-1;;/b;12-9-;. The average Bonchev–Trinajstić information content (AvgIpc) is 3.39. The van der Waals surface area contributed by atoms with Gasteiger partial charge in [-0.05, 0) is 84.7 Å². The smallest absolute Gasteiger partial charge is 0.162 e. The van der Waals surface area contributed by atoms with Gasteiger partial charge in [0.15, 0.2) is 5.78 Å². The summed E-state index contributed by atoms with van der Waals surface area (Å²) in [7, 11) is 0. The zero-order valence-corrected chi connectivity index (χ0v) is 31.9. The van der Waals surface area contributed by atoms with Crippen molar-refractivity contribution in [1.29, 1.82) is 0 Å². The van der Waals surface area contributed by atoms with Crippen LogP contribution in [0.4, 0.5) is 0 Å². The number of aliphatic hydroxyl groups excluding tert-OH is 1. The number of nitrogens with zero attached hydrogens (tertiary/aromatic N) is 1. The van der Waals surface area contributed by atoms with Gasteiger partial charge in [0.1, 0.15) is 5.58 Å². The monoisotopic (exact) mass is 809 g/mol. The maximum atomic E-state index is 11.7. The van der Waals surface area contributed by atoms with E-state index in [0.717, 1.165) is 65.4 Å². The second kappa shape index (κ2) is 14.9. The van der Waals surface area contributed by atoms with Crippen LogP contribution in [0.25, 0.3) is 44.1 Å². The largest absolute Gasteiger partial charge is 0.512 e. The number of pyridine rings is 1. The van der Waals surface area contributed by atoms with Crippen LogP contribution in [0.2, 0.25) is 0 Å². The minimum atomic E-state index is -0.210. The number of carbonyl (C=O) groups is 1. The first-order valence-corrected chi connectivity index (χ1v) is 17.2. The molecule has 3 aromatic carbocycles. The van der Waals surface area contributed by atoms with E-state index in [9.17, 15) is 9.90 Å². The number of carbonyl (C=O) groups excluding carboxylic acids is 1. The third-order valence-corrected chi connectivity index (χ3v) is 9.92. The molecule has 0 saturated carbocycles. The number of hydrogen-bond donors (Lipinski definition) is 1. The van der Waals surface area contributed by atoms with Crippen LogP contribution in [-0.2, 0) is 36.7 Å². The van der Waals surface area contributed by atoms with E-state index in [4.69, 9.17) is 9.40 Å². The SMILES string of the molecule is CCC(CC)C(=O)/C=C(\O)C(CC)CC.Cc1ccc2nc3c(cc2c1)C(C)(C)c1ccc(CC(C)C)c2oc4cc[c-]c-3c4c12.[Ir]. The van der Waals surface area contributed by atoms with Gasteiger partial charge in [-0.25, -0.2) is 0 Å². The van der Waals surface area contributed by atoms with E-state index >= 15 is 0 Å². The Kier molecular flexibility index (Phi) is 11.6. The van der Waals surface area contributed by atoms with E-state index in [1.54, 1.807) is 0 Å². The number of aryl methyl sites for hydroxylation is 1. The molecule has 2 heterocycles. The van der Waals surface area contributed by atoms with Crippen LogP contribution in [0.5, 0.6) is 0 Å². The number of fused-ring (bicyclic) bond motifs is 3. The van der Waals surface area contributed by atoms with Crippen molar-refractivity contribution in [2.24, 2.45) is 17.8 Å². The van der Waals surface area contributed by atoms with Crippen molar-refractivity contribution in [3.05, 3.63) is 88.7 Å². The van der Waals surface area contributed by atoms with Crippen LogP contribution in [-0.4, -0.2) is 15.9 Å². The molecule has 5 aromatic rings. The number of rotatable bonds is 9. The second-order valence-corrected chi connectivity index (χ2v) is 14.0. The molecule has 47 heavy (non-hydrogen) atoms. The average molecular weight is 809 g/mol. The Balaban J connectivity index is 0.000000269. The van der Waals surface area contributed by atoms with Crippen LogP contribution in [0, 0.1) is 30.7 Å². The number of hydrogen-bond acceptors (Lipinski definition) is 4. The van der Waals surface area contributed by atoms with Gasteiger partial charge in [-0.3, -0.25) is 9.78 Å². The first kappa shape index (κ1) is 36.6. The topological polar surface area (TPSA) is 63.3 Å². The Hall–Kier alpha value is -3.27. The van der Waals surface area contributed by atoms with Crippen LogP contribution < -0.4 is 0 Å². The molecular weight excluding hydrogens is 759 g/mol. The van der Waals surface area contributed by atoms with Gasteiger partial charge in [-0.2, -0.15) is 0 Å². The molecule has 0 saturated heterocycles. The number of benzene rings is 3. The Morgan fingerprint density at radius 3 is 2.26 bits per heavy atom. The van der Waals surface area contributed by atoms with E-state index in [-0.39, 0.29) is 48.9 Å². The fourth-order valence-corrected chi connectivity index (χ4v) is 7.11. The molecule has 1 radical (unpaired) electrons. The van der Waals surface area contributed by atoms with E-state index in [1.807, 2.05) is 39.8 Å². The summed E-state index contributed by atoms with van der Waals surface area (Å²) in [6, 6.07) is 21.0. The fourth-order valence-electron chi connectivity index (χ4n) is 7.11. The molecule has 0 atom stereocenters. The van der Waals surface area contributed by atoms with Crippen molar-refractivity contribution in [1.82, 2.24) is 4.98 Å². The zero-order chi connectivity index (χ0) is 33.3. The van der Waals surface area contributed by atoms with Gasteiger partial charge in [-0.1, -0.05) is 102 Å². The Morgan fingerprint density at radius 2 is 1.62 bits per heavy atom. The minimum Gasteiger partial charge on any atom is -0.512 e. The van der Waals surface area contributed by atoms with Gasteiger partial charge >= 0.3 is 0 Å². The van der Waals surface area contributed by atoms with Crippen LogP contribution >= 0.6 is 0 Å². The van der Waals surface area contributed by atoms with Crippen molar-refractivity contribution in [2.45, 2.75) is 99.8 Å². The minimum absolute atomic E-state index is 0. The van der Waals surface area contributed by atoms with E-state index in [1.165, 1.54) is 39.1 Å². The third-order valence-electron chi connectivity index (χ3n) is 9.92. The number of furan rings is 1. The summed E-state index contributed by atoms with van der Waals surface area (Å²) in [5.41, 5.74) is 9.95. The second-order valence-electron chi connectivity index (χ2n) is 14.0. The van der Waals surface area contributed by atoms with Gasteiger partial charge in [0, 0.05) is 43.4 Å². The summed E-state index contributed by atoms with van der Waals surface area (Å²) in [5.74, 6) is 1.12. The quantitative estimate of drug-likeness (QED) is 0.0915. The van der Waals surface area contributed by atoms with Crippen molar-refractivity contribution in [2.75, 3.05) is 0 Å². The predicted octanol–water partition coefficient (Wildman–Crippen LogP) is 11.6. The molecular formula is C42H50IrNO3-. The van der Waals surface area contributed by atoms with Gasteiger partial charge in [0.2, 0.25) is 0 Å². The molecule has 1 aliphatic rings. The zero-order valence-electron chi connectivity index (χ0n) is 29.5. The molecule has 1 N–H and O–H groups in total. The van der Waals surface area contributed by atoms with Gasteiger partial charge in [-0.15, -0.1) is 17.7 Å². The van der Waals surface area contributed by atoms with E-state index < -0.39 is 0 Å². The van der Waals surface area contributed by atoms with E-state index in [2.05, 4.69) is 77.1 Å². The number of aromatic nitrogens is 1. The number of ketones is 1. The van der Waals surface area contributed by atoms with Crippen LogP contribution in [0.1, 0.15) is 103 Å². The van der Waals surface area contributed by atoms with Crippen molar-refractivity contribution in [3.63, 3.8) is 0 Å². The predicted molar refractivity (Wildman–Crippen MR) is 193 cm³/mol. The maximum absolute atomic E-state index is 11.7. The summed E-state index contributed by atoms with van der Waals surface area (Å²) in [4.78, 5) is 16.9. The molecule has 0 amide bonds. The Bertz CT molecular complexity index is 1920. The third kappa shape index (κ3) is 6.99. The molecule has 0 fully saturated rings. The summed E-state index contributed by atoms with van der Waals surface area (Å²) >= 11 is 0. The van der Waals surface area contributed by atoms with Crippen LogP contribution in [0.15, 0.2) is 64.8 Å². The molecule has 4 nitrogen and oxygen atoms in total. The van der Waals surface area contributed by atoms with Gasteiger partial charge in [0.05, 0.1) is 16.9 Å². The first-order chi connectivity index (χ1) is 21.9.